The van der Waals surface area contributed by atoms with Crippen molar-refractivity contribution in [3.05, 3.63) is 27.5 Å². The van der Waals surface area contributed by atoms with Crippen LogP contribution in [0.1, 0.15) is 19.0 Å². The molecule has 0 atom stereocenters. The number of ether oxygens (including phenoxy) is 1. The number of nitrogens with zero attached hydrogens (tertiary/aromatic N) is 3. The minimum absolute atomic E-state index is 0.563. The van der Waals surface area contributed by atoms with Crippen LogP contribution >= 0.6 is 22.6 Å². The SMILES string of the molecule is CCCc1nc(-c2cccc(OC)n2)nc(NC)c1I. The summed E-state index contributed by atoms with van der Waals surface area (Å²) in [4.78, 5) is 13.6. The number of hydrogen-bond acceptors (Lipinski definition) is 5. The first-order valence-corrected chi connectivity index (χ1v) is 7.53. The Morgan fingerprint density at radius 3 is 2.70 bits per heavy atom. The van der Waals surface area contributed by atoms with Crippen molar-refractivity contribution in [2.45, 2.75) is 19.8 Å². The van der Waals surface area contributed by atoms with Gasteiger partial charge < -0.3 is 10.1 Å². The second-order valence-corrected chi connectivity index (χ2v) is 5.30. The van der Waals surface area contributed by atoms with Gasteiger partial charge in [-0.3, -0.25) is 0 Å². The molecule has 0 radical (unpaired) electrons. The Bertz CT molecular complexity index is 604. The van der Waals surface area contributed by atoms with Crippen molar-refractivity contribution in [1.29, 1.82) is 0 Å². The molecule has 106 valence electrons. The molecule has 0 unspecified atom stereocenters. The third-order valence-electron chi connectivity index (χ3n) is 2.81. The maximum absolute atomic E-state index is 5.15. The number of halogens is 1. The third kappa shape index (κ3) is 3.17. The summed E-state index contributed by atoms with van der Waals surface area (Å²) in [6, 6.07) is 5.59. The van der Waals surface area contributed by atoms with Crippen molar-refractivity contribution in [3.63, 3.8) is 0 Å². The van der Waals surface area contributed by atoms with Crippen molar-refractivity contribution in [1.82, 2.24) is 15.0 Å². The van der Waals surface area contributed by atoms with Gasteiger partial charge >= 0.3 is 0 Å². The van der Waals surface area contributed by atoms with Crippen LogP contribution in [0, 0.1) is 3.57 Å². The molecule has 0 amide bonds. The van der Waals surface area contributed by atoms with Gasteiger partial charge in [0.1, 0.15) is 11.5 Å². The minimum Gasteiger partial charge on any atom is -0.481 e. The molecule has 0 bridgehead atoms. The highest BCUT2D eigenvalue weighted by Crippen LogP contribution is 2.24. The average molecular weight is 384 g/mol. The molecule has 2 rings (SSSR count). The second kappa shape index (κ2) is 6.83. The summed E-state index contributed by atoms with van der Waals surface area (Å²) in [5.41, 5.74) is 1.77. The molecule has 0 aliphatic heterocycles. The lowest BCUT2D eigenvalue weighted by Crippen LogP contribution is -2.06. The lowest BCUT2D eigenvalue weighted by Gasteiger charge is -2.10. The van der Waals surface area contributed by atoms with E-state index < -0.39 is 0 Å². The first-order valence-electron chi connectivity index (χ1n) is 6.45. The number of aryl methyl sites for hydroxylation is 1. The van der Waals surface area contributed by atoms with Crippen molar-refractivity contribution >= 4 is 28.4 Å². The molecule has 5 nitrogen and oxygen atoms in total. The fourth-order valence-electron chi connectivity index (χ4n) is 1.83. The van der Waals surface area contributed by atoms with Gasteiger partial charge in [0.25, 0.3) is 0 Å². The number of aromatic nitrogens is 3. The van der Waals surface area contributed by atoms with E-state index in [0.717, 1.165) is 33.6 Å². The molecule has 0 spiro atoms. The smallest absolute Gasteiger partial charge is 0.213 e. The van der Waals surface area contributed by atoms with Crippen molar-refractivity contribution in [2.75, 3.05) is 19.5 Å². The molecule has 2 heterocycles. The van der Waals surface area contributed by atoms with E-state index in [9.17, 15) is 0 Å². The van der Waals surface area contributed by atoms with Gasteiger partial charge in [-0.1, -0.05) is 19.4 Å². The quantitative estimate of drug-likeness (QED) is 0.803. The predicted molar refractivity (Wildman–Crippen MR) is 88.1 cm³/mol. The fraction of sp³-hybridized carbons (Fsp3) is 0.357. The van der Waals surface area contributed by atoms with Gasteiger partial charge in [0.2, 0.25) is 5.88 Å². The largest absolute Gasteiger partial charge is 0.481 e. The number of rotatable bonds is 5. The molecule has 0 aromatic carbocycles. The minimum atomic E-state index is 0.563. The Kier molecular flexibility index (Phi) is 5.11. The van der Waals surface area contributed by atoms with Crippen LogP contribution in [0.2, 0.25) is 0 Å². The predicted octanol–water partition coefficient (Wildman–Crippen LogP) is 3.15. The molecule has 0 saturated heterocycles. The van der Waals surface area contributed by atoms with Crippen LogP contribution in [0.15, 0.2) is 18.2 Å². The highest BCUT2D eigenvalue weighted by atomic mass is 127. The molecule has 0 fully saturated rings. The molecular formula is C14H17IN4O. The Morgan fingerprint density at radius 1 is 1.25 bits per heavy atom. The Labute approximate surface area is 132 Å². The summed E-state index contributed by atoms with van der Waals surface area (Å²) in [6.45, 7) is 2.14. The highest BCUT2D eigenvalue weighted by Gasteiger charge is 2.13. The van der Waals surface area contributed by atoms with Crippen LogP contribution in [0.25, 0.3) is 11.5 Å². The number of pyridine rings is 1. The summed E-state index contributed by atoms with van der Waals surface area (Å²) < 4.78 is 6.22. The molecule has 0 saturated carbocycles. The Balaban J connectivity index is 2.52. The molecule has 0 aliphatic rings. The van der Waals surface area contributed by atoms with E-state index in [1.165, 1.54) is 0 Å². The zero-order valence-corrected chi connectivity index (χ0v) is 13.9. The molecule has 2 aromatic rings. The second-order valence-electron chi connectivity index (χ2n) is 4.22. The lowest BCUT2D eigenvalue weighted by molar-refractivity contribution is 0.398. The van der Waals surface area contributed by atoms with Crippen molar-refractivity contribution < 1.29 is 4.74 Å². The van der Waals surface area contributed by atoms with Crippen LogP contribution in [0.5, 0.6) is 5.88 Å². The van der Waals surface area contributed by atoms with Gasteiger partial charge in [0.05, 0.1) is 16.4 Å². The summed E-state index contributed by atoms with van der Waals surface area (Å²) in [7, 11) is 3.46. The molecule has 1 N–H and O–H groups in total. The lowest BCUT2D eigenvalue weighted by atomic mass is 10.2. The number of anilines is 1. The number of hydrogen-bond donors (Lipinski definition) is 1. The summed E-state index contributed by atoms with van der Waals surface area (Å²) in [5.74, 6) is 2.02. The van der Waals surface area contributed by atoms with Crippen molar-refractivity contribution in [3.8, 4) is 17.4 Å². The highest BCUT2D eigenvalue weighted by molar-refractivity contribution is 14.1. The van der Waals surface area contributed by atoms with E-state index in [0.29, 0.717) is 11.7 Å². The maximum atomic E-state index is 5.15. The molecule has 0 aliphatic carbocycles. The van der Waals surface area contributed by atoms with Gasteiger partial charge in [-0.15, -0.1) is 0 Å². The van der Waals surface area contributed by atoms with Crippen LogP contribution < -0.4 is 10.1 Å². The normalized spacial score (nSPS) is 10.4. The topological polar surface area (TPSA) is 59.9 Å². The molecule has 6 heteroatoms. The van der Waals surface area contributed by atoms with E-state index in [4.69, 9.17) is 4.74 Å². The molecule has 20 heavy (non-hydrogen) atoms. The van der Waals surface area contributed by atoms with Gasteiger partial charge in [0, 0.05) is 13.1 Å². The van der Waals surface area contributed by atoms with Crippen LogP contribution in [-0.4, -0.2) is 29.1 Å². The van der Waals surface area contributed by atoms with Crippen LogP contribution in [0.4, 0.5) is 5.82 Å². The van der Waals surface area contributed by atoms with Gasteiger partial charge in [-0.2, -0.15) is 0 Å². The Morgan fingerprint density at radius 2 is 2.05 bits per heavy atom. The van der Waals surface area contributed by atoms with E-state index in [2.05, 4.69) is 49.8 Å². The monoisotopic (exact) mass is 384 g/mol. The van der Waals surface area contributed by atoms with Gasteiger partial charge in [-0.05, 0) is 35.1 Å². The standard InChI is InChI=1S/C14H17IN4O/c1-4-6-9-12(15)14(16-2)19-13(18-9)10-7-5-8-11(17-10)20-3/h5,7-8H,4,6H2,1-3H3,(H,16,18,19). The first-order chi connectivity index (χ1) is 9.69. The average Bonchev–Trinajstić information content (AvgIpc) is 2.49. The van der Waals surface area contributed by atoms with E-state index in [1.807, 2.05) is 25.2 Å². The molecule has 2 aromatic heterocycles. The van der Waals surface area contributed by atoms with Crippen LogP contribution in [0.3, 0.4) is 0 Å². The van der Waals surface area contributed by atoms with Gasteiger partial charge in [-0.25, -0.2) is 15.0 Å². The summed E-state index contributed by atoms with van der Waals surface area (Å²) >= 11 is 2.28. The summed E-state index contributed by atoms with van der Waals surface area (Å²) in [6.07, 6.45) is 1.97. The van der Waals surface area contributed by atoms with Crippen LogP contribution in [-0.2, 0) is 6.42 Å². The zero-order valence-electron chi connectivity index (χ0n) is 11.8. The van der Waals surface area contributed by atoms with Crippen molar-refractivity contribution in [2.24, 2.45) is 0 Å². The fourth-order valence-corrected chi connectivity index (χ4v) is 2.61. The third-order valence-corrected chi connectivity index (χ3v) is 3.94. The van der Waals surface area contributed by atoms with E-state index >= 15 is 0 Å². The first kappa shape index (κ1) is 15.0. The Hall–Kier alpha value is -1.44. The summed E-state index contributed by atoms with van der Waals surface area (Å²) in [5, 5.41) is 3.12. The maximum Gasteiger partial charge on any atom is 0.213 e. The van der Waals surface area contributed by atoms with E-state index in [1.54, 1.807) is 7.11 Å². The van der Waals surface area contributed by atoms with E-state index in [-0.39, 0.29) is 0 Å². The number of nitrogens with one attached hydrogen (secondary N) is 1. The van der Waals surface area contributed by atoms with Gasteiger partial charge in [0.15, 0.2) is 5.82 Å². The number of methoxy groups -OCH3 is 1. The molecular weight excluding hydrogens is 367 g/mol. The zero-order chi connectivity index (χ0) is 14.5.